The van der Waals surface area contributed by atoms with Crippen LogP contribution >= 0.6 is 11.3 Å². The molecule has 0 bridgehead atoms. The number of rotatable bonds is 7. The largest absolute Gasteiger partial charge is 0.453 e. The number of thiophene rings is 1. The van der Waals surface area contributed by atoms with Crippen LogP contribution in [0.4, 0.5) is 4.79 Å². The fraction of sp³-hybridized carbons (Fsp3) is 0.368. The van der Waals surface area contributed by atoms with Crippen LogP contribution in [-0.2, 0) is 16.0 Å². The van der Waals surface area contributed by atoms with Crippen molar-refractivity contribution in [2.45, 2.75) is 38.8 Å². The number of hydrogen-bond acceptors (Lipinski definition) is 4. The van der Waals surface area contributed by atoms with E-state index in [0.717, 1.165) is 18.4 Å². The number of quaternary nitrogens is 1. The maximum absolute atomic E-state index is 12.1. The molecule has 2 amide bonds. The molecular weight excluding hydrogens is 336 g/mol. The van der Waals surface area contributed by atoms with E-state index < -0.39 is 12.1 Å². The van der Waals surface area contributed by atoms with E-state index in [4.69, 9.17) is 0 Å². The maximum atomic E-state index is 12.1. The number of aryl methyl sites for hydroxylation is 1. The number of imide groups is 1. The van der Waals surface area contributed by atoms with Crippen LogP contribution in [0.15, 0.2) is 41.8 Å². The van der Waals surface area contributed by atoms with Crippen molar-refractivity contribution in [1.82, 2.24) is 5.32 Å². The average molecular weight is 361 g/mol. The van der Waals surface area contributed by atoms with Gasteiger partial charge in [-0.3, -0.25) is 10.1 Å². The molecule has 1 aromatic carbocycles. The quantitative estimate of drug-likeness (QED) is 0.796. The van der Waals surface area contributed by atoms with Gasteiger partial charge in [-0.2, -0.15) is 0 Å². The van der Waals surface area contributed by atoms with Crippen molar-refractivity contribution in [3.8, 4) is 0 Å². The van der Waals surface area contributed by atoms with Crippen molar-refractivity contribution < 1.29 is 19.6 Å². The third kappa shape index (κ3) is 5.41. The van der Waals surface area contributed by atoms with Crippen molar-refractivity contribution >= 4 is 23.3 Å². The first-order valence-electron chi connectivity index (χ1n) is 8.41. The predicted octanol–water partition coefficient (Wildman–Crippen LogP) is 2.62. The van der Waals surface area contributed by atoms with Gasteiger partial charge in [-0.05, 0) is 30.4 Å². The van der Waals surface area contributed by atoms with E-state index in [9.17, 15) is 9.59 Å². The van der Waals surface area contributed by atoms with Crippen LogP contribution in [0.25, 0.3) is 0 Å². The minimum absolute atomic E-state index is 0.00840. The van der Waals surface area contributed by atoms with E-state index >= 15 is 0 Å². The highest BCUT2D eigenvalue weighted by Crippen LogP contribution is 2.23. The smallest absolute Gasteiger partial charge is 0.413 e. The Bertz CT molecular complexity index is 683. The van der Waals surface area contributed by atoms with Gasteiger partial charge in [0, 0.05) is 5.56 Å². The lowest BCUT2D eigenvalue weighted by atomic mass is 10.0. The molecule has 2 rings (SSSR count). The Labute approximate surface area is 152 Å². The molecule has 0 spiro atoms. The van der Waals surface area contributed by atoms with Gasteiger partial charge in [-0.15, -0.1) is 11.3 Å². The van der Waals surface area contributed by atoms with E-state index in [1.165, 1.54) is 17.6 Å². The molecular formula is C19H25N2O3S+. The van der Waals surface area contributed by atoms with E-state index in [1.54, 1.807) is 18.3 Å². The Hall–Kier alpha value is -2.18. The Morgan fingerprint density at radius 1 is 1.24 bits per heavy atom. The zero-order chi connectivity index (χ0) is 18.2. The Morgan fingerprint density at radius 2 is 1.96 bits per heavy atom. The molecule has 0 saturated heterocycles. The van der Waals surface area contributed by atoms with Crippen molar-refractivity contribution in [3.63, 3.8) is 0 Å². The van der Waals surface area contributed by atoms with Crippen molar-refractivity contribution in [2.75, 3.05) is 7.11 Å². The Balaban J connectivity index is 2.16. The molecule has 1 aromatic heterocycles. The monoisotopic (exact) mass is 361 g/mol. The van der Waals surface area contributed by atoms with E-state index in [1.807, 2.05) is 16.8 Å². The zero-order valence-corrected chi connectivity index (χ0v) is 15.6. The summed E-state index contributed by atoms with van der Waals surface area (Å²) in [6, 6.07) is 12.2. The summed E-state index contributed by atoms with van der Waals surface area (Å²) in [5.74, 6) is -0.365. The minimum Gasteiger partial charge on any atom is -0.453 e. The molecule has 134 valence electrons. The van der Waals surface area contributed by atoms with Crippen molar-refractivity contribution in [1.29, 1.82) is 0 Å². The molecule has 1 heterocycles. The highest BCUT2D eigenvalue weighted by molar-refractivity contribution is 7.10. The lowest BCUT2D eigenvalue weighted by Gasteiger charge is -2.19. The number of carbonyl (C=O) groups excluding carboxylic acids is 2. The number of benzene rings is 1. The lowest BCUT2D eigenvalue weighted by molar-refractivity contribution is -0.704. The number of carbonyl (C=O) groups is 2. The summed E-state index contributed by atoms with van der Waals surface area (Å²) < 4.78 is 4.49. The number of nitrogens with one attached hydrogen (secondary N) is 1. The summed E-state index contributed by atoms with van der Waals surface area (Å²) in [4.78, 5) is 24.6. The standard InChI is InChI=1S/C19H24N2O3S/c1-4-6-14-8-10-15(11-9-14)17(16-7-5-12-25-16)20-13(2)18(22)21-19(23)24-3/h5,7-13,17,20H,4,6H2,1-3H3,(H,21,22,23)/p+1/t13-,17+/m0/s1. The molecule has 0 aliphatic heterocycles. The normalized spacial score (nSPS) is 13.1. The van der Waals surface area contributed by atoms with Gasteiger partial charge in [-0.1, -0.05) is 43.7 Å². The molecule has 0 aliphatic carbocycles. The molecule has 0 radical (unpaired) electrons. The molecule has 25 heavy (non-hydrogen) atoms. The molecule has 0 aliphatic rings. The van der Waals surface area contributed by atoms with E-state index in [2.05, 4.69) is 47.3 Å². The van der Waals surface area contributed by atoms with Crippen LogP contribution in [0.3, 0.4) is 0 Å². The van der Waals surface area contributed by atoms with Crippen LogP contribution in [0.2, 0.25) is 0 Å². The first kappa shape index (κ1) is 19.1. The van der Waals surface area contributed by atoms with Gasteiger partial charge >= 0.3 is 6.09 Å². The van der Waals surface area contributed by atoms with Crippen LogP contribution in [-0.4, -0.2) is 25.2 Å². The number of nitrogens with two attached hydrogens (primary N) is 1. The van der Waals surface area contributed by atoms with Crippen molar-refractivity contribution in [3.05, 3.63) is 57.8 Å². The van der Waals surface area contributed by atoms with Crippen LogP contribution in [0.5, 0.6) is 0 Å². The highest BCUT2D eigenvalue weighted by Gasteiger charge is 2.26. The summed E-state index contributed by atoms with van der Waals surface area (Å²) >= 11 is 1.66. The van der Waals surface area contributed by atoms with Crippen LogP contribution in [0.1, 0.15) is 42.3 Å². The maximum Gasteiger partial charge on any atom is 0.413 e. The summed E-state index contributed by atoms with van der Waals surface area (Å²) in [6.07, 6.45) is 1.44. The molecule has 0 fully saturated rings. The third-order valence-electron chi connectivity index (χ3n) is 4.03. The van der Waals surface area contributed by atoms with Crippen LogP contribution < -0.4 is 10.6 Å². The third-order valence-corrected chi connectivity index (χ3v) is 4.99. The molecule has 2 aromatic rings. The lowest BCUT2D eigenvalue weighted by Crippen LogP contribution is -2.92. The molecule has 0 saturated carbocycles. The number of methoxy groups -OCH3 is 1. The second-order valence-corrected chi connectivity index (χ2v) is 6.93. The summed E-state index contributed by atoms with van der Waals surface area (Å²) in [5.41, 5.74) is 2.45. The van der Waals surface area contributed by atoms with Gasteiger partial charge in [0.1, 0.15) is 6.04 Å². The van der Waals surface area contributed by atoms with Gasteiger partial charge in [0.25, 0.3) is 5.91 Å². The van der Waals surface area contributed by atoms with Gasteiger partial charge in [0.05, 0.1) is 12.0 Å². The number of hydrogen-bond donors (Lipinski definition) is 2. The topological polar surface area (TPSA) is 72.0 Å². The SMILES string of the molecule is CCCc1ccc([C@@H]([NH2+][C@@H](C)C(=O)NC(=O)OC)c2cccs2)cc1. The summed E-state index contributed by atoms with van der Waals surface area (Å²) in [6.45, 7) is 3.95. The zero-order valence-electron chi connectivity index (χ0n) is 14.8. The molecule has 0 unspecified atom stereocenters. The Kier molecular flexibility index (Phi) is 7.16. The predicted molar refractivity (Wildman–Crippen MR) is 98.5 cm³/mol. The van der Waals surface area contributed by atoms with E-state index in [-0.39, 0.29) is 11.9 Å². The van der Waals surface area contributed by atoms with Crippen molar-refractivity contribution in [2.24, 2.45) is 0 Å². The van der Waals surface area contributed by atoms with Gasteiger partial charge in [-0.25, -0.2) is 4.79 Å². The highest BCUT2D eigenvalue weighted by atomic mass is 32.1. The Morgan fingerprint density at radius 3 is 2.52 bits per heavy atom. The number of alkyl carbamates (subject to hydrolysis) is 1. The summed E-state index contributed by atoms with van der Waals surface area (Å²) in [7, 11) is 1.24. The fourth-order valence-corrected chi connectivity index (χ4v) is 3.49. The molecule has 5 nitrogen and oxygen atoms in total. The summed E-state index contributed by atoms with van der Waals surface area (Å²) in [5, 5.41) is 6.23. The first-order chi connectivity index (χ1) is 12.0. The van der Waals surface area contributed by atoms with Crippen LogP contribution in [0, 0.1) is 0 Å². The van der Waals surface area contributed by atoms with Gasteiger partial charge in [0.15, 0.2) is 6.04 Å². The minimum atomic E-state index is -0.734. The van der Waals surface area contributed by atoms with Gasteiger partial charge in [0.2, 0.25) is 0 Å². The second-order valence-electron chi connectivity index (χ2n) is 5.95. The fourth-order valence-electron chi connectivity index (χ4n) is 2.66. The molecule has 3 N–H and O–H groups in total. The number of ether oxygens (including phenoxy) is 1. The number of amides is 2. The molecule has 6 heteroatoms. The first-order valence-corrected chi connectivity index (χ1v) is 9.29. The van der Waals surface area contributed by atoms with Gasteiger partial charge < -0.3 is 10.1 Å². The second kappa shape index (κ2) is 9.34. The molecule has 2 atom stereocenters. The average Bonchev–Trinajstić information content (AvgIpc) is 3.14. The van der Waals surface area contributed by atoms with E-state index in [0.29, 0.717) is 0 Å².